The number of nitrogens with zero attached hydrogens (tertiary/aromatic N) is 2. The normalized spacial score (nSPS) is 19.4. The van der Waals surface area contributed by atoms with Crippen LogP contribution in [0.2, 0.25) is 0 Å². The fourth-order valence-corrected chi connectivity index (χ4v) is 2.66. The molecular formula is C11H22N2O3S. The Labute approximate surface area is 104 Å². The van der Waals surface area contributed by atoms with E-state index in [4.69, 9.17) is 0 Å². The molecule has 0 unspecified atom stereocenters. The molecule has 1 rings (SSSR count). The summed E-state index contributed by atoms with van der Waals surface area (Å²) in [5.41, 5.74) is -0.0228. The van der Waals surface area contributed by atoms with Gasteiger partial charge in [0, 0.05) is 32.6 Å². The molecule has 100 valence electrons. The monoisotopic (exact) mass is 262 g/mol. The molecule has 0 bridgehead atoms. The number of amides is 1. The number of carbonyl (C=O) groups is 1. The molecule has 1 aliphatic heterocycles. The molecule has 5 nitrogen and oxygen atoms in total. The van der Waals surface area contributed by atoms with Gasteiger partial charge in [-0.25, -0.2) is 8.42 Å². The molecule has 6 heteroatoms. The highest BCUT2D eigenvalue weighted by Crippen LogP contribution is 2.20. The lowest BCUT2D eigenvalue weighted by molar-refractivity contribution is -0.134. The summed E-state index contributed by atoms with van der Waals surface area (Å²) < 4.78 is 24.1. The topological polar surface area (TPSA) is 57.7 Å². The molecule has 0 aromatic carbocycles. The number of carbonyl (C=O) groups excluding carboxylic acids is 1. The summed E-state index contributed by atoms with van der Waals surface area (Å²) >= 11 is 0. The van der Waals surface area contributed by atoms with Crippen molar-refractivity contribution in [3.63, 3.8) is 0 Å². The minimum atomic E-state index is -3.11. The van der Waals surface area contributed by atoms with E-state index in [0.29, 0.717) is 32.6 Å². The Morgan fingerprint density at radius 3 is 1.94 bits per heavy atom. The Hall–Kier alpha value is -0.620. The van der Waals surface area contributed by atoms with Gasteiger partial charge in [0.05, 0.1) is 6.26 Å². The summed E-state index contributed by atoms with van der Waals surface area (Å²) in [6.07, 6.45) is 1.71. The molecule has 0 aliphatic carbocycles. The summed E-state index contributed by atoms with van der Waals surface area (Å²) in [6.45, 7) is 7.90. The van der Waals surface area contributed by atoms with E-state index < -0.39 is 10.0 Å². The maximum atomic E-state index is 11.9. The second-order valence-electron chi connectivity index (χ2n) is 5.78. The van der Waals surface area contributed by atoms with Gasteiger partial charge < -0.3 is 4.90 Å². The van der Waals surface area contributed by atoms with Crippen LogP contribution in [0.1, 0.15) is 27.2 Å². The largest absolute Gasteiger partial charge is 0.340 e. The second kappa shape index (κ2) is 4.94. The fraction of sp³-hybridized carbons (Fsp3) is 0.909. The van der Waals surface area contributed by atoms with Crippen LogP contribution in [0.25, 0.3) is 0 Å². The predicted octanol–water partition coefficient (Wildman–Crippen LogP) is 0.526. The van der Waals surface area contributed by atoms with Crippen molar-refractivity contribution in [2.24, 2.45) is 5.41 Å². The van der Waals surface area contributed by atoms with Crippen molar-refractivity contribution in [2.45, 2.75) is 27.2 Å². The summed E-state index contributed by atoms with van der Waals surface area (Å²) in [4.78, 5) is 13.7. The Bertz CT molecular complexity index is 376. The molecule has 1 heterocycles. The van der Waals surface area contributed by atoms with Crippen LogP contribution in [0.5, 0.6) is 0 Å². The first-order valence-electron chi connectivity index (χ1n) is 5.82. The molecule has 1 saturated heterocycles. The lowest BCUT2D eigenvalue weighted by atomic mass is 9.91. The van der Waals surface area contributed by atoms with Gasteiger partial charge in [0.2, 0.25) is 15.9 Å². The van der Waals surface area contributed by atoms with Crippen molar-refractivity contribution in [3.8, 4) is 0 Å². The van der Waals surface area contributed by atoms with Crippen molar-refractivity contribution < 1.29 is 13.2 Å². The summed E-state index contributed by atoms with van der Waals surface area (Å²) in [6, 6.07) is 0. The molecule has 0 N–H and O–H groups in total. The Kier molecular flexibility index (Phi) is 4.19. The maximum Gasteiger partial charge on any atom is 0.223 e. The van der Waals surface area contributed by atoms with Crippen LogP contribution in [0.3, 0.4) is 0 Å². The van der Waals surface area contributed by atoms with E-state index in [0.717, 1.165) is 0 Å². The zero-order valence-corrected chi connectivity index (χ0v) is 11.9. The number of sulfonamides is 1. The Balaban J connectivity index is 2.50. The third-order valence-corrected chi connectivity index (χ3v) is 4.05. The number of hydrogen-bond donors (Lipinski definition) is 0. The lowest BCUT2D eigenvalue weighted by Crippen LogP contribution is -2.50. The lowest BCUT2D eigenvalue weighted by Gasteiger charge is -2.34. The third kappa shape index (κ3) is 4.63. The second-order valence-corrected chi connectivity index (χ2v) is 7.76. The van der Waals surface area contributed by atoms with Gasteiger partial charge in [0.1, 0.15) is 0 Å². The number of hydrogen-bond acceptors (Lipinski definition) is 3. The summed E-state index contributed by atoms with van der Waals surface area (Å²) in [5, 5.41) is 0. The average Bonchev–Trinajstić information content (AvgIpc) is 2.14. The van der Waals surface area contributed by atoms with Crippen LogP contribution in [-0.4, -0.2) is 56.0 Å². The smallest absolute Gasteiger partial charge is 0.223 e. The van der Waals surface area contributed by atoms with E-state index in [9.17, 15) is 13.2 Å². The van der Waals surface area contributed by atoms with Gasteiger partial charge in [-0.1, -0.05) is 20.8 Å². The van der Waals surface area contributed by atoms with Crippen LogP contribution < -0.4 is 0 Å². The molecule has 0 atom stereocenters. The van der Waals surface area contributed by atoms with E-state index in [1.54, 1.807) is 4.90 Å². The first-order valence-corrected chi connectivity index (χ1v) is 7.67. The van der Waals surface area contributed by atoms with E-state index in [1.807, 2.05) is 20.8 Å². The highest BCUT2D eigenvalue weighted by Gasteiger charge is 2.27. The Morgan fingerprint density at radius 2 is 1.59 bits per heavy atom. The van der Waals surface area contributed by atoms with E-state index in [2.05, 4.69) is 0 Å². The summed E-state index contributed by atoms with van der Waals surface area (Å²) in [5.74, 6) is 0.116. The molecule has 17 heavy (non-hydrogen) atoms. The zero-order chi connectivity index (χ0) is 13.3. The van der Waals surface area contributed by atoms with Crippen LogP contribution in [0.4, 0.5) is 0 Å². The van der Waals surface area contributed by atoms with E-state index >= 15 is 0 Å². The van der Waals surface area contributed by atoms with E-state index in [1.165, 1.54) is 10.6 Å². The first kappa shape index (κ1) is 14.4. The van der Waals surface area contributed by atoms with Gasteiger partial charge in [-0.2, -0.15) is 4.31 Å². The molecule has 0 aromatic rings. The van der Waals surface area contributed by atoms with Crippen molar-refractivity contribution in [1.29, 1.82) is 0 Å². The van der Waals surface area contributed by atoms with Crippen LogP contribution >= 0.6 is 0 Å². The number of rotatable bonds is 2. The third-order valence-electron chi connectivity index (χ3n) is 2.74. The van der Waals surface area contributed by atoms with Gasteiger partial charge in [0.25, 0.3) is 0 Å². The Morgan fingerprint density at radius 1 is 1.12 bits per heavy atom. The standard InChI is InChI=1S/C11H22N2O3S/c1-11(2,3)9-10(14)12-5-7-13(8-6-12)17(4,15)16/h5-9H2,1-4H3. The van der Waals surface area contributed by atoms with Crippen LogP contribution in [0, 0.1) is 5.41 Å². The quantitative estimate of drug-likeness (QED) is 0.729. The molecule has 1 fully saturated rings. The fourth-order valence-electron chi connectivity index (χ4n) is 1.83. The van der Waals surface area contributed by atoms with Crippen LogP contribution in [-0.2, 0) is 14.8 Å². The molecule has 1 aliphatic rings. The van der Waals surface area contributed by atoms with Crippen molar-refractivity contribution in [3.05, 3.63) is 0 Å². The minimum absolute atomic E-state index is 0.0228. The van der Waals surface area contributed by atoms with Gasteiger partial charge in [0.15, 0.2) is 0 Å². The van der Waals surface area contributed by atoms with Crippen molar-refractivity contribution in [2.75, 3.05) is 32.4 Å². The molecule has 0 spiro atoms. The minimum Gasteiger partial charge on any atom is -0.340 e. The molecule has 0 saturated carbocycles. The van der Waals surface area contributed by atoms with Gasteiger partial charge in [-0.3, -0.25) is 4.79 Å². The molecular weight excluding hydrogens is 240 g/mol. The molecule has 0 radical (unpaired) electrons. The average molecular weight is 262 g/mol. The van der Waals surface area contributed by atoms with E-state index in [-0.39, 0.29) is 11.3 Å². The van der Waals surface area contributed by atoms with Gasteiger partial charge in [-0.05, 0) is 5.41 Å². The van der Waals surface area contributed by atoms with Crippen molar-refractivity contribution >= 4 is 15.9 Å². The van der Waals surface area contributed by atoms with Gasteiger partial charge >= 0.3 is 0 Å². The zero-order valence-electron chi connectivity index (χ0n) is 11.1. The molecule has 0 aromatic heterocycles. The maximum absolute atomic E-state index is 11.9. The summed E-state index contributed by atoms with van der Waals surface area (Å²) in [7, 11) is -3.11. The van der Waals surface area contributed by atoms with Crippen LogP contribution in [0.15, 0.2) is 0 Å². The van der Waals surface area contributed by atoms with Crippen molar-refractivity contribution in [1.82, 2.24) is 9.21 Å². The highest BCUT2D eigenvalue weighted by molar-refractivity contribution is 7.88. The number of piperazine rings is 1. The first-order chi connectivity index (χ1) is 7.59. The van der Waals surface area contributed by atoms with Gasteiger partial charge in [-0.15, -0.1) is 0 Å². The molecule has 1 amide bonds. The highest BCUT2D eigenvalue weighted by atomic mass is 32.2. The predicted molar refractivity (Wildman–Crippen MR) is 67.1 cm³/mol. The SMILES string of the molecule is CC(C)(C)CC(=O)N1CCN(S(C)(=O)=O)CC1.